The molecule has 5 rings (SSSR count). The van der Waals surface area contributed by atoms with Crippen molar-refractivity contribution < 1.29 is 23.9 Å². The van der Waals surface area contributed by atoms with Crippen LogP contribution in [0.1, 0.15) is 58.5 Å². The van der Waals surface area contributed by atoms with Gasteiger partial charge in [0.05, 0.1) is 6.20 Å². The number of amides is 3. The molecule has 1 saturated heterocycles. The summed E-state index contributed by atoms with van der Waals surface area (Å²) < 4.78 is 5.90. The van der Waals surface area contributed by atoms with Crippen LogP contribution in [0.3, 0.4) is 0 Å². The molecule has 188 valence electrons. The monoisotopic (exact) mass is 490 g/mol. The van der Waals surface area contributed by atoms with E-state index in [-0.39, 0.29) is 30.0 Å². The number of ether oxygens (including phenoxy) is 1. The Morgan fingerprint density at radius 3 is 2.61 bits per heavy atom. The molecule has 0 radical (unpaired) electrons. The zero-order valence-corrected chi connectivity index (χ0v) is 20.6. The summed E-state index contributed by atoms with van der Waals surface area (Å²) in [6, 6.07) is 8.73. The minimum atomic E-state index is -0.665. The number of fused-ring (bicyclic) bond motifs is 1. The first kappa shape index (κ1) is 24.0. The number of carbonyl (C=O) groups excluding carboxylic acids is 4. The molecule has 2 aromatic rings. The van der Waals surface area contributed by atoms with Crippen LogP contribution in [-0.4, -0.2) is 71.6 Å². The van der Waals surface area contributed by atoms with Crippen LogP contribution in [0.4, 0.5) is 5.69 Å². The highest BCUT2D eigenvalue weighted by molar-refractivity contribution is 6.03. The van der Waals surface area contributed by atoms with Gasteiger partial charge < -0.3 is 19.4 Å². The Kier molecular flexibility index (Phi) is 6.47. The minimum absolute atomic E-state index is 0.0212. The van der Waals surface area contributed by atoms with Crippen LogP contribution in [-0.2, 0) is 16.1 Å². The van der Waals surface area contributed by atoms with E-state index in [1.165, 1.54) is 28.8 Å². The van der Waals surface area contributed by atoms with Crippen LogP contribution >= 0.6 is 0 Å². The van der Waals surface area contributed by atoms with E-state index in [1.807, 2.05) is 12.1 Å². The fourth-order valence-corrected chi connectivity index (χ4v) is 4.62. The number of benzene rings is 1. The highest BCUT2D eigenvalue weighted by Crippen LogP contribution is 2.34. The lowest BCUT2D eigenvalue weighted by Gasteiger charge is -2.18. The lowest BCUT2D eigenvalue weighted by molar-refractivity contribution is -0.129. The van der Waals surface area contributed by atoms with Crippen LogP contribution in [0.15, 0.2) is 36.5 Å². The van der Waals surface area contributed by atoms with Gasteiger partial charge in [-0.3, -0.25) is 19.2 Å². The van der Waals surface area contributed by atoms with Crippen molar-refractivity contribution in [2.75, 3.05) is 32.1 Å². The maximum Gasteiger partial charge on any atom is 0.268 e. The van der Waals surface area contributed by atoms with E-state index in [0.717, 1.165) is 12.0 Å². The van der Waals surface area contributed by atoms with Gasteiger partial charge in [0, 0.05) is 51.3 Å². The van der Waals surface area contributed by atoms with Gasteiger partial charge in [0.25, 0.3) is 11.8 Å². The number of rotatable bonds is 9. The number of anilines is 1. The molecule has 1 aromatic heterocycles. The molecule has 1 atom stereocenters. The third kappa shape index (κ3) is 4.96. The number of aromatic nitrogens is 1. The summed E-state index contributed by atoms with van der Waals surface area (Å²) in [6.45, 7) is 0.859. The third-order valence-electron chi connectivity index (χ3n) is 7.04. The van der Waals surface area contributed by atoms with Crippen LogP contribution < -0.4 is 9.64 Å². The predicted molar refractivity (Wildman–Crippen MR) is 132 cm³/mol. The number of nitrogens with zero attached hydrogens (tertiary/aromatic N) is 4. The van der Waals surface area contributed by atoms with Gasteiger partial charge in [-0.2, -0.15) is 0 Å². The second kappa shape index (κ2) is 9.72. The Bertz CT molecular complexity index is 1210. The molecule has 0 bridgehead atoms. The highest BCUT2D eigenvalue weighted by atomic mass is 16.5. The summed E-state index contributed by atoms with van der Waals surface area (Å²) in [5, 5.41) is 0. The van der Waals surface area contributed by atoms with Crippen molar-refractivity contribution in [3.8, 4) is 5.75 Å². The highest BCUT2D eigenvalue weighted by Gasteiger charge is 2.36. The fraction of sp³-hybridized carbons (Fsp3) is 0.444. The van der Waals surface area contributed by atoms with Gasteiger partial charge in [-0.1, -0.05) is 18.9 Å². The first-order valence-corrected chi connectivity index (χ1v) is 12.4. The summed E-state index contributed by atoms with van der Waals surface area (Å²) >= 11 is 0. The molecule has 0 spiro atoms. The number of likely N-dealkylation sites (N-methyl/N-ethyl adjacent to an activating group) is 1. The predicted octanol–water partition coefficient (Wildman–Crippen LogP) is 2.68. The summed E-state index contributed by atoms with van der Waals surface area (Å²) in [7, 11) is 3.32. The fourth-order valence-electron chi connectivity index (χ4n) is 4.62. The van der Waals surface area contributed by atoms with Crippen molar-refractivity contribution in [2.24, 2.45) is 5.92 Å². The number of pyridine rings is 1. The number of Topliss-reactive ketones (excluding diaryl/α,β-unsaturated/α-hetero) is 1. The summed E-state index contributed by atoms with van der Waals surface area (Å²) in [4.78, 5) is 59.1. The van der Waals surface area contributed by atoms with Crippen molar-refractivity contribution in [2.45, 2.75) is 44.8 Å². The Morgan fingerprint density at radius 1 is 1.11 bits per heavy atom. The maximum absolute atomic E-state index is 13.1. The number of carbonyl (C=O) groups is 4. The molecule has 0 N–H and O–H groups in total. The average molecular weight is 491 g/mol. The number of ketones is 1. The molecule has 9 nitrogen and oxygen atoms in total. The topological polar surface area (TPSA) is 100 Å². The molecular formula is C27H30N4O5. The first-order valence-electron chi connectivity index (χ1n) is 12.4. The van der Waals surface area contributed by atoms with Crippen molar-refractivity contribution in [3.05, 3.63) is 53.3 Å². The van der Waals surface area contributed by atoms with Gasteiger partial charge in [-0.25, -0.2) is 4.98 Å². The van der Waals surface area contributed by atoms with Gasteiger partial charge in [0.1, 0.15) is 18.0 Å². The summed E-state index contributed by atoms with van der Waals surface area (Å²) in [5.74, 6) is 0.634. The Morgan fingerprint density at radius 2 is 1.92 bits per heavy atom. The van der Waals surface area contributed by atoms with Crippen molar-refractivity contribution in [3.63, 3.8) is 0 Å². The summed E-state index contributed by atoms with van der Waals surface area (Å²) in [5.41, 5.74) is 2.41. The zero-order valence-electron chi connectivity index (χ0n) is 20.6. The molecule has 1 saturated carbocycles. The minimum Gasteiger partial charge on any atom is -0.479 e. The zero-order chi connectivity index (χ0) is 25.4. The third-order valence-corrected chi connectivity index (χ3v) is 7.04. The molecular weight excluding hydrogens is 460 g/mol. The Hall–Kier alpha value is -3.75. The molecule has 9 heteroatoms. The normalized spacial score (nSPS) is 19.0. The van der Waals surface area contributed by atoms with E-state index in [9.17, 15) is 19.2 Å². The largest absolute Gasteiger partial charge is 0.479 e. The molecule has 3 amide bonds. The van der Waals surface area contributed by atoms with Crippen LogP contribution in [0.25, 0.3) is 0 Å². The van der Waals surface area contributed by atoms with Crippen molar-refractivity contribution >= 4 is 29.2 Å². The van der Waals surface area contributed by atoms with E-state index in [0.29, 0.717) is 54.5 Å². The molecule has 0 unspecified atom stereocenters. The molecule has 2 fully saturated rings. The van der Waals surface area contributed by atoms with Crippen LogP contribution in [0, 0.1) is 5.92 Å². The standard InChI is InChI=1S/C27H30N4O5/c1-29(2)25(33)16-30-15-18-6-7-19(13-21(18)26(30)34)31-12-11-24(27(31)35)36-20-8-9-22(28-14-20)23(32)10-5-17-3-4-17/h6-9,13-14,17,24H,3-5,10-12,15-16H2,1-2H3/t24-/m1/s1. The first-order chi connectivity index (χ1) is 17.3. The second-order valence-corrected chi connectivity index (χ2v) is 9.96. The second-order valence-electron chi connectivity index (χ2n) is 9.96. The van der Waals surface area contributed by atoms with Gasteiger partial charge in [-0.15, -0.1) is 0 Å². The quantitative estimate of drug-likeness (QED) is 0.501. The lowest BCUT2D eigenvalue weighted by Crippen LogP contribution is -2.36. The van der Waals surface area contributed by atoms with Gasteiger partial charge in [-0.05, 0) is 42.2 Å². The van der Waals surface area contributed by atoms with Gasteiger partial charge in [0.15, 0.2) is 11.9 Å². The molecule has 3 heterocycles. The molecule has 36 heavy (non-hydrogen) atoms. The summed E-state index contributed by atoms with van der Waals surface area (Å²) in [6.07, 6.45) is 5.21. The van der Waals surface area contributed by atoms with Gasteiger partial charge in [0.2, 0.25) is 5.91 Å². The lowest BCUT2D eigenvalue weighted by atomic mass is 10.1. The van der Waals surface area contributed by atoms with Crippen molar-refractivity contribution in [1.29, 1.82) is 0 Å². The van der Waals surface area contributed by atoms with Crippen LogP contribution in [0.5, 0.6) is 5.75 Å². The van der Waals surface area contributed by atoms with E-state index in [4.69, 9.17) is 4.74 Å². The Balaban J connectivity index is 1.20. The molecule has 2 aliphatic heterocycles. The van der Waals surface area contributed by atoms with E-state index >= 15 is 0 Å². The average Bonchev–Trinajstić information content (AvgIpc) is 3.57. The molecule has 3 aliphatic rings. The van der Waals surface area contributed by atoms with E-state index in [2.05, 4.69) is 4.98 Å². The Labute approximate surface area is 210 Å². The SMILES string of the molecule is CN(C)C(=O)CN1Cc2ccc(N3CC[C@@H](Oc4ccc(C(=O)CCC5CC5)nc4)C3=O)cc2C1=O. The number of hydrogen-bond acceptors (Lipinski definition) is 6. The molecule has 1 aliphatic carbocycles. The van der Waals surface area contributed by atoms with E-state index in [1.54, 1.807) is 37.2 Å². The van der Waals surface area contributed by atoms with Gasteiger partial charge >= 0.3 is 0 Å². The maximum atomic E-state index is 13.1. The van der Waals surface area contributed by atoms with Crippen LogP contribution in [0.2, 0.25) is 0 Å². The smallest absolute Gasteiger partial charge is 0.268 e. The van der Waals surface area contributed by atoms with E-state index < -0.39 is 6.10 Å². The number of hydrogen-bond donors (Lipinski definition) is 0. The van der Waals surface area contributed by atoms with Crippen molar-refractivity contribution in [1.82, 2.24) is 14.8 Å². The molecule has 1 aromatic carbocycles.